The molecule has 1 N–H and O–H groups in total. The molecule has 1 heterocycles. The fourth-order valence-electron chi connectivity index (χ4n) is 2.55. The van der Waals surface area contributed by atoms with Crippen LogP contribution in [0, 0.1) is 0 Å². The van der Waals surface area contributed by atoms with Crippen LogP contribution < -0.4 is 10.1 Å². The van der Waals surface area contributed by atoms with Crippen molar-refractivity contribution in [2.24, 2.45) is 0 Å². The van der Waals surface area contributed by atoms with Gasteiger partial charge in [-0.05, 0) is 34.7 Å². The fraction of sp³-hybridized carbons (Fsp3) is 0.190. The number of sulfonamides is 1. The zero-order valence-electron chi connectivity index (χ0n) is 15.9. The van der Waals surface area contributed by atoms with Crippen molar-refractivity contribution in [1.82, 2.24) is 9.62 Å². The van der Waals surface area contributed by atoms with Crippen molar-refractivity contribution in [3.63, 3.8) is 0 Å². The van der Waals surface area contributed by atoms with Crippen LogP contribution in [0.2, 0.25) is 0 Å². The van der Waals surface area contributed by atoms with Crippen LogP contribution in [0.15, 0.2) is 76.3 Å². The Morgan fingerprint density at radius 3 is 2.38 bits per heavy atom. The third-order valence-corrected chi connectivity index (χ3v) is 7.36. The second kappa shape index (κ2) is 9.69. The van der Waals surface area contributed by atoms with Gasteiger partial charge in [0.2, 0.25) is 5.91 Å². The molecule has 0 spiro atoms. The minimum Gasteiger partial charge on any atom is -0.489 e. The molecule has 0 aliphatic heterocycles. The molecular formula is C21H22N2O4S2. The molecule has 8 heteroatoms. The monoisotopic (exact) mass is 430 g/mol. The number of ether oxygens (including phenoxy) is 1. The molecule has 0 saturated carbocycles. The van der Waals surface area contributed by atoms with Gasteiger partial charge in [0, 0.05) is 13.6 Å². The Labute approximate surface area is 174 Å². The van der Waals surface area contributed by atoms with E-state index in [-0.39, 0.29) is 16.7 Å². The second-order valence-corrected chi connectivity index (χ2v) is 9.61. The number of rotatable bonds is 9. The lowest BCUT2D eigenvalue weighted by Crippen LogP contribution is -2.37. The first-order chi connectivity index (χ1) is 13.9. The Kier molecular flexibility index (Phi) is 7.03. The number of likely N-dealkylation sites (N-methyl/N-ethyl adjacent to an activating group) is 1. The zero-order valence-corrected chi connectivity index (χ0v) is 17.6. The maximum absolute atomic E-state index is 12.3. The number of thiophene rings is 1. The van der Waals surface area contributed by atoms with Gasteiger partial charge in [-0.15, -0.1) is 11.3 Å². The van der Waals surface area contributed by atoms with E-state index in [0.29, 0.717) is 13.2 Å². The van der Waals surface area contributed by atoms with Gasteiger partial charge in [-0.3, -0.25) is 4.79 Å². The van der Waals surface area contributed by atoms with E-state index in [1.807, 2.05) is 54.6 Å². The minimum absolute atomic E-state index is 0.221. The molecule has 0 aliphatic carbocycles. The summed E-state index contributed by atoms with van der Waals surface area (Å²) in [5.41, 5.74) is 1.99. The van der Waals surface area contributed by atoms with Gasteiger partial charge >= 0.3 is 0 Å². The molecule has 0 fully saturated rings. The third kappa shape index (κ3) is 5.90. The first kappa shape index (κ1) is 21.0. The Morgan fingerprint density at radius 1 is 1.00 bits per heavy atom. The lowest BCUT2D eigenvalue weighted by Gasteiger charge is -2.15. The predicted molar refractivity (Wildman–Crippen MR) is 113 cm³/mol. The van der Waals surface area contributed by atoms with E-state index in [0.717, 1.165) is 32.5 Å². The number of carbonyl (C=O) groups excluding carboxylic acids is 1. The van der Waals surface area contributed by atoms with E-state index in [1.54, 1.807) is 11.4 Å². The van der Waals surface area contributed by atoms with Crippen molar-refractivity contribution < 1.29 is 17.9 Å². The molecule has 0 saturated heterocycles. The lowest BCUT2D eigenvalue weighted by atomic mass is 10.2. The van der Waals surface area contributed by atoms with Gasteiger partial charge in [-0.1, -0.05) is 48.5 Å². The average Bonchev–Trinajstić information content (AvgIpc) is 3.28. The summed E-state index contributed by atoms with van der Waals surface area (Å²) in [6.07, 6.45) is 0. The molecule has 1 amide bonds. The van der Waals surface area contributed by atoms with Crippen LogP contribution >= 0.6 is 11.3 Å². The maximum atomic E-state index is 12.3. The number of carbonyl (C=O) groups is 1. The molecule has 0 bridgehead atoms. The van der Waals surface area contributed by atoms with Crippen LogP contribution in [-0.2, 0) is 28.0 Å². The van der Waals surface area contributed by atoms with Gasteiger partial charge < -0.3 is 10.1 Å². The van der Waals surface area contributed by atoms with Crippen molar-refractivity contribution in [3.05, 3.63) is 83.2 Å². The quantitative estimate of drug-likeness (QED) is 0.565. The average molecular weight is 431 g/mol. The molecule has 0 aliphatic rings. The van der Waals surface area contributed by atoms with Crippen LogP contribution in [-0.4, -0.2) is 32.2 Å². The van der Waals surface area contributed by atoms with Crippen LogP contribution in [0.1, 0.15) is 11.1 Å². The highest BCUT2D eigenvalue weighted by atomic mass is 32.2. The van der Waals surface area contributed by atoms with E-state index in [2.05, 4.69) is 5.32 Å². The highest BCUT2D eigenvalue weighted by Crippen LogP contribution is 2.19. The molecule has 152 valence electrons. The lowest BCUT2D eigenvalue weighted by molar-refractivity contribution is -0.121. The summed E-state index contributed by atoms with van der Waals surface area (Å²) >= 11 is 1.13. The number of nitrogens with one attached hydrogen (secondary N) is 1. The second-order valence-electron chi connectivity index (χ2n) is 6.39. The SMILES string of the molecule is CN(CC(=O)NCc1ccc(OCc2ccccc2)cc1)S(=O)(=O)c1cccs1. The Bertz CT molecular complexity index is 1020. The number of amides is 1. The normalized spacial score (nSPS) is 11.4. The highest BCUT2D eigenvalue weighted by Gasteiger charge is 2.23. The Hall–Kier alpha value is -2.68. The zero-order chi connectivity index (χ0) is 20.7. The van der Waals surface area contributed by atoms with Crippen molar-refractivity contribution in [2.75, 3.05) is 13.6 Å². The number of benzene rings is 2. The summed E-state index contributed by atoms with van der Waals surface area (Å²) in [7, 11) is -2.24. The van der Waals surface area contributed by atoms with E-state index < -0.39 is 10.0 Å². The van der Waals surface area contributed by atoms with E-state index in [1.165, 1.54) is 13.1 Å². The summed E-state index contributed by atoms with van der Waals surface area (Å²) in [4.78, 5) is 12.1. The summed E-state index contributed by atoms with van der Waals surface area (Å²) < 4.78 is 31.7. The van der Waals surface area contributed by atoms with Gasteiger partial charge in [0.1, 0.15) is 16.6 Å². The van der Waals surface area contributed by atoms with Gasteiger partial charge in [-0.25, -0.2) is 8.42 Å². The topological polar surface area (TPSA) is 75.7 Å². The molecule has 3 rings (SSSR count). The number of nitrogens with zero attached hydrogens (tertiary/aromatic N) is 1. The number of hydrogen-bond donors (Lipinski definition) is 1. The molecule has 29 heavy (non-hydrogen) atoms. The first-order valence-corrected chi connectivity index (χ1v) is 11.3. The first-order valence-electron chi connectivity index (χ1n) is 8.97. The van der Waals surface area contributed by atoms with Gasteiger partial charge in [0.05, 0.1) is 6.54 Å². The third-order valence-electron chi connectivity index (χ3n) is 4.19. The standard InChI is InChI=1S/C21H22N2O4S2/c1-23(29(25,26)21-8-5-13-28-21)15-20(24)22-14-17-9-11-19(12-10-17)27-16-18-6-3-2-4-7-18/h2-13H,14-16H2,1H3,(H,22,24). The molecular weight excluding hydrogens is 408 g/mol. The van der Waals surface area contributed by atoms with Crippen LogP contribution in [0.5, 0.6) is 5.75 Å². The maximum Gasteiger partial charge on any atom is 0.252 e. The highest BCUT2D eigenvalue weighted by molar-refractivity contribution is 7.91. The predicted octanol–water partition coefficient (Wildman–Crippen LogP) is 3.26. The van der Waals surface area contributed by atoms with Crippen LogP contribution in [0.3, 0.4) is 0 Å². The van der Waals surface area contributed by atoms with E-state index in [4.69, 9.17) is 4.74 Å². The summed E-state index contributed by atoms with van der Waals surface area (Å²) in [5.74, 6) is 0.378. The van der Waals surface area contributed by atoms with E-state index >= 15 is 0 Å². The van der Waals surface area contributed by atoms with Crippen molar-refractivity contribution >= 4 is 27.3 Å². The summed E-state index contributed by atoms with van der Waals surface area (Å²) in [6, 6.07) is 20.5. The Morgan fingerprint density at radius 2 is 1.72 bits per heavy atom. The van der Waals surface area contributed by atoms with Gasteiger partial charge in [-0.2, -0.15) is 4.31 Å². The minimum atomic E-state index is -3.63. The number of hydrogen-bond acceptors (Lipinski definition) is 5. The molecule has 0 atom stereocenters. The van der Waals surface area contributed by atoms with Crippen molar-refractivity contribution in [2.45, 2.75) is 17.4 Å². The van der Waals surface area contributed by atoms with Crippen molar-refractivity contribution in [3.8, 4) is 5.75 Å². The molecule has 0 radical (unpaired) electrons. The fourth-order valence-corrected chi connectivity index (χ4v) is 4.88. The molecule has 1 aromatic heterocycles. The smallest absolute Gasteiger partial charge is 0.252 e. The largest absolute Gasteiger partial charge is 0.489 e. The molecule has 2 aromatic carbocycles. The van der Waals surface area contributed by atoms with Gasteiger partial charge in [0.25, 0.3) is 10.0 Å². The molecule has 6 nitrogen and oxygen atoms in total. The van der Waals surface area contributed by atoms with E-state index in [9.17, 15) is 13.2 Å². The van der Waals surface area contributed by atoms with Crippen molar-refractivity contribution in [1.29, 1.82) is 0 Å². The Balaban J connectivity index is 1.46. The van der Waals surface area contributed by atoms with Gasteiger partial charge in [0.15, 0.2) is 0 Å². The summed E-state index contributed by atoms with van der Waals surface area (Å²) in [6.45, 7) is 0.561. The van der Waals surface area contributed by atoms with Crippen LogP contribution in [0.4, 0.5) is 0 Å². The molecule has 0 unspecified atom stereocenters. The molecule has 3 aromatic rings. The summed E-state index contributed by atoms with van der Waals surface area (Å²) in [5, 5.41) is 4.43. The van der Waals surface area contributed by atoms with Crippen LogP contribution in [0.25, 0.3) is 0 Å².